The van der Waals surface area contributed by atoms with Crippen LogP contribution < -0.4 is 14.8 Å². The first kappa shape index (κ1) is 17.3. The number of rotatable bonds is 9. The van der Waals surface area contributed by atoms with Crippen LogP contribution >= 0.6 is 0 Å². The van der Waals surface area contributed by atoms with E-state index in [1.54, 1.807) is 14.2 Å². The van der Waals surface area contributed by atoms with Crippen LogP contribution in [0.25, 0.3) is 0 Å². The Kier molecular flexibility index (Phi) is 7.61. The number of esters is 1. The molecule has 1 aromatic carbocycles. The van der Waals surface area contributed by atoms with Crippen LogP contribution in [-0.2, 0) is 9.53 Å². The van der Waals surface area contributed by atoms with Crippen LogP contribution in [0.3, 0.4) is 0 Å². The van der Waals surface area contributed by atoms with E-state index in [1.807, 2.05) is 25.1 Å². The number of hydrogen-bond donors (Lipinski definition) is 1. The second-order valence-corrected chi connectivity index (χ2v) is 4.58. The van der Waals surface area contributed by atoms with Gasteiger partial charge in [0.05, 0.1) is 27.2 Å². The van der Waals surface area contributed by atoms with Crippen molar-refractivity contribution in [3.63, 3.8) is 0 Å². The third kappa shape index (κ3) is 5.27. The molecule has 0 saturated heterocycles. The molecule has 21 heavy (non-hydrogen) atoms. The maximum Gasteiger partial charge on any atom is 0.307 e. The van der Waals surface area contributed by atoms with Gasteiger partial charge in [0.25, 0.3) is 0 Å². The number of benzene rings is 1. The summed E-state index contributed by atoms with van der Waals surface area (Å²) in [7, 11) is 3.24. The number of nitrogens with one attached hydrogen (secondary N) is 1. The molecule has 0 bridgehead atoms. The molecule has 1 aromatic rings. The monoisotopic (exact) mass is 295 g/mol. The predicted molar refractivity (Wildman–Crippen MR) is 81.8 cm³/mol. The van der Waals surface area contributed by atoms with Gasteiger partial charge < -0.3 is 19.5 Å². The minimum Gasteiger partial charge on any atom is -0.493 e. The molecule has 118 valence electrons. The topological polar surface area (TPSA) is 56.8 Å². The summed E-state index contributed by atoms with van der Waals surface area (Å²) in [5.74, 6) is 1.25. The third-order valence-corrected chi connectivity index (χ3v) is 3.24. The number of carbonyl (C=O) groups is 1. The highest BCUT2D eigenvalue weighted by Gasteiger charge is 2.13. The van der Waals surface area contributed by atoms with E-state index in [0.29, 0.717) is 31.1 Å². The molecule has 1 atom stereocenters. The largest absolute Gasteiger partial charge is 0.493 e. The van der Waals surface area contributed by atoms with Crippen molar-refractivity contribution in [2.75, 3.05) is 27.4 Å². The maximum atomic E-state index is 11.3. The van der Waals surface area contributed by atoms with Crippen molar-refractivity contribution < 1.29 is 19.0 Å². The zero-order valence-corrected chi connectivity index (χ0v) is 13.3. The van der Waals surface area contributed by atoms with Crippen molar-refractivity contribution >= 4 is 5.97 Å². The molecule has 0 aliphatic heterocycles. The Morgan fingerprint density at radius 1 is 1.19 bits per heavy atom. The molecule has 0 saturated carbocycles. The van der Waals surface area contributed by atoms with E-state index in [2.05, 4.69) is 12.2 Å². The van der Waals surface area contributed by atoms with Gasteiger partial charge in [-0.05, 0) is 31.0 Å². The van der Waals surface area contributed by atoms with Gasteiger partial charge in [-0.2, -0.15) is 0 Å². The molecule has 1 rings (SSSR count). The number of ether oxygens (including phenoxy) is 3. The summed E-state index contributed by atoms with van der Waals surface area (Å²) in [4.78, 5) is 11.3. The fraction of sp³-hybridized carbons (Fsp3) is 0.562. The summed E-state index contributed by atoms with van der Waals surface area (Å²) < 4.78 is 15.5. The van der Waals surface area contributed by atoms with E-state index in [1.165, 1.54) is 0 Å². The molecule has 0 amide bonds. The van der Waals surface area contributed by atoms with Crippen LogP contribution in [0.2, 0.25) is 0 Å². The second kappa shape index (κ2) is 9.23. The molecule has 0 aliphatic rings. The number of hydrogen-bond acceptors (Lipinski definition) is 5. The highest BCUT2D eigenvalue weighted by atomic mass is 16.5. The van der Waals surface area contributed by atoms with Gasteiger partial charge in [0.15, 0.2) is 11.5 Å². The lowest BCUT2D eigenvalue weighted by atomic mass is 10.0. The van der Waals surface area contributed by atoms with E-state index in [0.717, 1.165) is 12.0 Å². The fourth-order valence-electron chi connectivity index (χ4n) is 2.15. The zero-order valence-electron chi connectivity index (χ0n) is 13.3. The number of carbonyl (C=O) groups excluding carboxylic acids is 1. The van der Waals surface area contributed by atoms with E-state index >= 15 is 0 Å². The third-order valence-electron chi connectivity index (χ3n) is 3.24. The van der Waals surface area contributed by atoms with Crippen molar-refractivity contribution in [1.29, 1.82) is 0 Å². The van der Waals surface area contributed by atoms with E-state index < -0.39 is 0 Å². The van der Waals surface area contributed by atoms with Crippen molar-refractivity contribution in [2.24, 2.45) is 0 Å². The summed E-state index contributed by atoms with van der Waals surface area (Å²) in [5.41, 5.74) is 1.11. The Morgan fingerprint density at radius 2 is 1.90 bits per heavy atom. The lowest BCUT2D eigenvalue weighted by Crippen LogP contribution is -2.24. The summed E-state index contributed by atoms with van der Waals surface area (Å²) in [6.07, 6.45) is 1.29. The Morgan fingerprint density at radius 3 is 2.48 bits per heavy atom. The van der Waals surface area contributed by atoms with Crippen molar-refractivity contribution in [3.05, 3.63) is 23.8 Å². The van der Waals surface area contributed by atoms with Crippen LogP contribution in [-0.4, -0.2) is 33.3 Å². The summed E-state index contributed by atoms with van der Waals surface area (Å²) in [6, 6.07) is 6.03. The molecular formula is C16H25NO4. The minimum absolute atomic E-state index is 0.166. The first-order valence-electron chi connectivity index (χ1n) is 7.27. The molecule has 5 heteroatoms. The Labute approximate surface area is 126 Å². The SMILES string of the molecule is CCOC(=O)CCNC(CC)c1ccc(OC)c(OC)c1. The Balaban J connectivity index is 2.65. The van der Waals surface area contributed by atoms with E-state index in [-0.39, 0.29) is 12.0 Å². The van der Waals surface area contributed by atoms with Gasteiger partial charge in [-0.3, -0.25) is 4.79 Å². The highest BCUT2D eigenvalue weighted by molar-refractivity contribution is 5.69. The second-order valence-electron chi connectivity index (χ2n) is 4.58. The standard InChI is InChI=1S/C16H25NO4/c1-5-13(17-10-9-16(18)21-6-2)12-7-8-14(19-3)15(11-12)20-4/h7-8,11,13,17H,5-6,9-10H2,1-4H3. The molecule has 1 N–H and O–H groups in total. The van der Waals surface area contributed by atoms with Gasteiger partial charge in [-0.1, -0.05) is 13.0 Å². The molecule has 0 fully saturated rings. The van der Waals surface area contributed by atoms with Crippen molar-refractivity contribution in [3.8, 4) is 11.5 Å². The maximum absolute atomic E-state index is 11.3. The van der Waals surface area contributed by atoms with E-state index in [4.69, 9.17) is 14.2 Å². The van der Waals surface area contributed by atoms with Crippen molar-refractivity contribution in [1.82, 2.24) is 5.32 Å². The quantitative estimate of drug-likeness (QED) is 0.710. The summed E-state index contributed by atoms with van der Waals surface area (Å²) >= 11 is 0. The van der Waals surface area contributed by atoms with Gasteiger partial charge in [0, 0.05) is 12.6 Å². The van der Waals surface area contributed by atoms with Crippen molar-refractivity contribution in [2.45, 2.75) is 32.7 Å². The van der Waals surface area contributed by atoms with Crippen LogP contribution in [0.1, 0.15) is 38.3 Å². The van der Waals surface area contributed by atoms with Crippen LogP contribution in [0.5, 0.6) is 11.5 Å². The molecule has 0 aromatic heterocycles. The smallest absolute Gasteiger partial charge is 0.307 e. The molecule has 1 unspecified atom stereocenters. The first-order valence-corrected chi connectivity index (χ1v) is 7.27. The van der Waals surface area contributed by atoms with Crippen LogP contribution in [0.4, 0.5) is 0 Å². The van der Waals surface area contributed by atoms with Crippen LogP contribution in [0, 0.1) is 0 Å². The normalized spacial score (nSPS) is 11.8. The molecule has 0 aliphatic carbocycles. The molecule has 0 radical (unpaired) electrons. The average Bonchev–Trinajstić information content (AvgIpc) is 2.51. The van der Waals surface area contributed by atoms with Gasteiger partial charge in [0.1, 0.15) is 0 Å². The van der Waals surface area contributed by atoms with Crippen LogP contribution in [0.15, 0.2) is 18.2 Å². The molecule has 0 spiro atoms. The summed E-state index contributed by atoms with van der Waals surface area (Å²) in [6.45, 7) is 4.92. The lowest BCUT2D eigenvalue weighted by Gasteiger charge is -2.19. The van der Waals surface area contributed by atoms with Gasteiger partial charge >= 0.3 is 5.97 Å². The molecule has 0 heterocycles. The highest BCUT2D eigenvalue weighted by Crippen LogP contribution is 2.30. The minimum atomic E-state index is -0.174. The zero-order chi connectivity index (χ0) is 15.7. The van der Waals surface area contributed by atoms with E-state index in [9.17, 15) is 4.79 Å². The Bertz CT molecular complexity index is 448. The summed E-state index contributed by atoms with van der Waals surface area (Å²) in [5, 5.41) is 3.37. The average molecular weight is 295 g/mol. The molecule has 5 nitrogen and oxygen atoms in total. The van der Waals surface area contributed by atoms with Gasteiger partial charge in [-0.25, -0.2) is 0 Å². The lowest BCUT2D eigenvalue weighted by molar-refractivity contribution is -0.143. The number of methoxy groups -OCH3 is 2. The predicted octanol–water partition coefficient (Wildman–Crippen LogP) is 2.70. The first-order chi connectivity index (χ1) is 10.2. The molecular weight excluding hydrogens is 270 g/mol. The van der Waals surface area contributed by atoms with Gasteiger partial charge in [0.2, 0.25) is 0 Å². The van der Waals surface area contributed by atoms with Gasteiger partial charge in [-0.15, -0.1) is 0 Å². The Hall–Kier alpha value is -1.75. The fourth-order valence-corrected chi connectivity index (χ4v) is 2.15.